The molecule has 2 aromatic rings. The lowest BCUT2D eigenvalue weighted by molar-refractivity contribution is -0.143. The van der Waals surface area contributed by atoms with Crippen molar-refractivity contribution < 1.29 is 24.2 Å². The summed E-state index contributed by atoms with van der Waals surface area (Å²) in [6, 6.07) is 15.2. The van der Waals surface area contributed by atoms with Gasteiger partial charge in [0.1, 0.15) is 0 Å². The zero-order chi connectivity index (χ0) is 23.5. The Balaban J connectivity index is 0.000000336. The average Bonchev–Trinajstić information content (AvgIpc) is 2.81. The van der Waals surface area contributed by atoms with Crippen LogP contribution in [0.5, 0.6) is 11.5 Å². The molecular formula is C26H33NO5. The maximum Gasteiger partial charge on any atom is 0.307 e. The monoisotopic (exact) mass is 439 g/mol. The summed E-state index contributed by atoms with van der Waals surface area (Å²) < 4.78 is 11.0. The van der Waals surface area contributed by atoms with Crippen molar-refractivity contribution >= 4 is 11.8 Å². The van der Waals surface area contributed by atoms with Crippen LogP contribution in [-0.4, -0.2) is 30.1 Å². The van der Waals surface area contributed by atoms with Gasteiger partial charge in [-0.05, 0) is 57.4 Å². The van der Waals surface area contributed by atoms with Gasteiger partial charge in [-0.1, -0.05) is 42.5 Å². The first-order chi connectivity index (χ1) is 15.4. The Morgan fingerprint density at radius 3 is 2.09 bits per heavy atom. The normalized spacial score (nSPS) is 18.1. The number of aliphatic carboxylic acids is 1. The third-order valence-corrected chi connectivity index (χ3v) is 5.24. The van der Waals surface area contributed by atoms with Crippen molar-refractivity contribution in [1.29, 1.82) is 0 Å². The number of ether oxygens (including phenoxy) is 2. The van der Waals surface area contributed by atoms with E-state index in [-0.39, 0.29) is 11.8 Å². The Morgan fingerprint density at radius 2 is 1.56 bits per heavy atom. The van der Waals surface area contributed by atoms with Gasteiger partial charge in [-0.25, -0.2) is 0 Å². The molecule has 0 aromatic heterocycles. The summed E-state index contributed by atoms with van der Waals surface area (Å²) in [6.45, 7) is 6.68. The average molecular weight is 440 g/mol. The third kappa shape index (κ3) is 6.95. The molecule has 0 bridgehead atoms. The first kappa shape index (κ1) is 25.1. The number of rotatable bonds is 8. The summed E-state index contributed by atoms with van der Waals surface area (Å²) >= 11 is 0. The lowest BCUT2D eigenvalue weighted by Gasteiger charge is -2.24. The van der Waals surface area contributed by atoms with Gasteiger partial charge in [-0.15, -0.1) is 0 Å². The molecule has 2 aromatic carbocycles. The van der Waals surface area contributed by atoms with Crippen LogP contribution < -0.4 is 15.2 Å². The Hall–Kier alpha value is -3.12. The fourth-order valence-corrected chi connectivity index (χ4v) is 3.55. The third-order valence-electron chi connectivity index (χ3n) is 5.24. The molecule has 1 unspecified atom stereocenters. The van der Waals surface area contributed by atoms with E-state index in [4.69, 9.17) is 15.2 Å². The van der Waals surface area contributed by atoms with E-state index < -0.39 is 17.8 Å². The number of carboxylic acid groups (broad SMARTS) is 1. The molecule has 0 aliphatic heterocycles. The number of Topliss-reactive ketones (excluding diaryl/α,β-unsaturated/α-hetero) is 1. The molecule has 0 saturated heterocycles. The van der Waals surface area contributed by atoms with E-state index in [1.54, 1.807) is 18.2 Å². The number of hydrogen-bond acceptors (Lipinski definition) is 5. The van der Waals surface area contributed by atoms with Crippen LogP contribution in [0.1, 0.15) is 55.6 Å². The summed E-state index contributed by atoms with van der Waals surface area (Å²) in [6.07, 6.45) is 4.54. The number of carboxylic acids is 1. The fraction of sp³-hybridized carbons (Fsp3) is 0.385. The SMILES string of the molecule is CC(N)c1ccccc1.CCOc1ccc(C(=O)[C@H]2CC=CC[C@H]2C(=O)O)cc1OCC. The molecule has 6 heteroatoms. The molecule has 0 heterocycles. The molecule has 6 nitrogen and oxygen atoms in total. The number of carbonyl (C=O) groups excluding carboxylic acids is 1. The number of benzene rings is 2. The van der Waals surface area contributed by atoms with Crippen molar-refractivity contribution in [3.05, 3.63) is 71.8 Å². The number of hydrogen-bond donors (Lipinski definition) is 2. The van der Waals surface area contributed by atoms with E-state index >= 15 is 0 Å². The Bertz CT molecular complexity index is 908. The van der Waals surface area contributed by atoms with Gasteiger partial charge < -0.3 is 20.3 Å². The highest BCUT2D eigenvalue weighted by atomic mass is 16.5. The predicted molar refractivity (Wildman–Crippen MR) is 125 cm³/mol. The summed E-state index contributed by atoms with van der Waals surface area (Å²) in [5.74, 6) is -1.20. The van der Waals surface area contributed by atoms with Gasteiger partial charge >= 0.3 is 5.97 Å². The van der Waals surface area contributed by atoms with E-state index in [1.165, 1.54) is 5.56 Å². The largest absolute Gasteiger partial charge is 0.490 e. The predicted octanol–water partition coefficient (Wildman–Crippen LogP) is 5.04. The van der Waals surface area contributed by atoms with Crippen LogP contribution >= 0.6 is 0 Å². The van der Waals surface area contributed by atoms with Crippen LogP contribution in [0.25, 0.3) is 0 Å². The molecule has 172 valence electrons. The van der Waals surface area contributed by atoms with Crippen LogP contribution in [0, 0.1) is 11.8 Å². The van der Waals surface area contributed by atoms with Crippen LogP contribution in [0.2, 0.25) is 0 Å². The topological polar surface area (TPSA) is 98.9 Å². The Kier molecular flexibility index (Phi) is 9.95. The van der Waals surface area contributed by atoms with E-state index in [1.807, 2.05) is 63.3 Å². The lowest BCUT2D eigenvalue weighted by Crippen LogP contribution is -2.31. The molecular weight excluding hydrogens is 406 g/mol. The van der Waals surface area contributed by atoms with Gasteiger partial charge in [0, 0.05) is 17.5 Å². The van der Waals surface area contributed by atoms with E-state index in [0.717, 1.165) is 0 Å². The van der Waals surface area contributed by atoms with Gasteiger partial charge in [0.2, 0.25) is 0 Å². The highest BCUT2D eigenvalue weighted by molar-refractivity contribution is 6.00. The summed E-state index contributed by atoms with van der Waals surface area (Å²) in [4.78, 5) is 24.1. The molecule has 3 atom stereocenters. The first-order valence-corrected chi connectivity index (χ1v) is 11.0. The van der Waals surface area contributed by atoms with Crippen molar-refractivity contribution in [2.75, 3.05) is 13.2 Å². The van der Waals surface area contributed by atoms with Crippen LogP contribution in [0.3, 0.4) is 0 Å². The minimum atomic E-state index is -0.927. The smallest absolute Gasteiger partial charge is 0.307 e. The second-order valence-electron chi connectivity index (χ2n) is 7.59. The minimum absolute atomic E-state index is 0.159. The highest BCUT2D eigenvalue weighted by Crippen LogP contribution is 2.33. The first-order valence-electron chi connectivity index (χ1n) is 11.0. The molecule has 3 N–H and O–H groups in total. The van der Waals surface area contributed by atoms with Crippen LogP contribution in [-0.2, 0) is 4.79 Å². The number of allylic oxidation sites excluding steroid dienone is 2. The number of nitrogens with two attached hydrogens (primary N) is 1. The maximum atomic E-state index is 12.7. The molecule has 32 heavy (non-hydrogen) atoms. The van der Waals surface area contributed by atoms with Crippen LogP contribution in [0.15, 0.2) is 60.7 Å². The second-order valence-corrected chi connectivity index (χ2v) is 7.59. The van der Waals surface area contributed by atoms with Gasteiger partial charge in [-0.3, -0.25) is 9.59 Å². The molecule has 0 fully saturated rings. The van der Waals surface area contributed by atoms with Crippen LogP contribution in [0.4, 0.5) is 0 Å². The van der Waals surface area contributed by atoms with Crippen molar-refractivity contribution in [1.82, 2.24) is 0 Å². The summed E-state index contributed by atoms with van der Waals surface area (Å²) in [5.41, 5.74) is 7.27. The number of carbonyl (C=O) groups is 2. The summed E-state index contributed by atoms with van der Waals surface area (Å²) in [7, 11) is 0. The lowest BCUT2D eigenvalue weighted by atomic mass is 9.78. The molecule has 0 amide bonds. The van der Waals surface area contributed by atoms with Gasteiger partial charge in [-0.2, -0.15) is 0 Å². The minimum Gasteiger partial charge on any atom is -0.490 e. The molecule has 0 spiro atoms. The molecule has 1 aliphatic carbocycles. The van der Waals surface area contributed by atoms with Crippen molar-refractivity contribution in [3.8, 4) is 11.5 Å². The molecule has 3 rings (SSSR count). The number of ketones is 1. The van der Waals surface area contributed by atoms with E-state index in [0.29, 0.717) is 43.1 Å². The van der Waals surface area contributed by atoms with Gasteiger partial charge in [0.15, 0.2) is 17.3 Å². The summed E-state index contributed by atoms with van der Waals surface area (Å²) in [5, 5.41) is 9.33. The zero-order valence-electron chi connectivity index (χ0n) is 19.0. The quantitative estimate of drug-likeness (QED) is 0.442. The van der Waals surface area contributed by atoms with Gasteiger partial charge in [0.05, 0.1) is 19.1 Å². The Morgan fingerprint density at radius 1 is 0.969 bits per heavy atom. The van der Waals surface area contributed by atoms with E-state index in [9.17, 15) is 14.7 Å². The second kappa shape index (κ2) is 12.7. The molecule has 1 aliphatic rings. The standard InChI is InChI=1S/C18H22O5.C8H11N/c1-3-22-15-10-9-12(11-16(15)23-4-2)17(19)13-7-5-6-8-14(13)18(20)21;1-7(9)8-5-3-2-4-6-8/h5-6,9-11,13-14H,3-4,7-8H2,1-2H3,(H,20,21);2-7H,9H2,1H3/t13-,14+;/m0./s1. The van der Waals surface area contributed by atoms with Crippen molar-refractivity contribution in [3.63, 3.8) is 0 Å². The zero-order valence-corrected chi connectivity index (χ0v) is 19.0. The molecule has 0 radical (unpaired) electrons. The van der Waals surface area contributed by atoms with Crippen molar-refractivity contribution in [2.45, 2.75) is 39.7 Å². The van der Waals surface area contributed by atoms with Gasteiger partial charge in [0.25, 0.3) is 0 Å². The Labute approximate surface area is 190 Å². The highest BCUT2D eigenvalue weighted by Gasteiger charge is 2.34. The fourth-order valence-electron chi connectivity index (χ4n) is 3.55. The molecule has 0 saturated carbocycles. The van der Waals surface area contributed by atoms with E-state index in [2.05, 4.69) is 0 Å². The maximum absolute atomic E-state index is 12.7. The van der Waals surface area contributed by atoms with Crippen molar-refractivity contribution in [2.24, 2.45) is 17.6 Å².